The molecule has 148 valence electrons. The number of fused-ring (bicyclic) bond motifs is 1. The van der Waals surface area contributed by atoms with E-state index in [-0.39, 0.29) is 17.4 Å². The third-order valence-electron chi connectivity index (χ3n) is 5.41. The first-order valence-electron chi connectivity index (χ1n) is 9.83. The third kappa shape index (κ3) is 3.71. The van der Waals surface area contributed by atoms with Gasteiger partial charge in [-0.05, 0) is 64.2 Å². The first kappa shape index (κ1) is 18.8. The molecule has 3 aromatic heterocycles. The summed E-state index contributed by atoms with van der Waals surface area (Å²) in [5.41, 5.74) is 9.65. The van der Waals surface area contributed by atoms with Crippen LogP contribution in [-0.4, -0.2) is 31.7 Å². The van der Waals surface area contributed by atoms with E-state index < -0.39 is 0 Å². The van der Waals surface area contributed by atoms with Gasteiger partial charge in [-0.2, -0.15) is 5.10 Å². The molecule has 0 amide bonds. The SMILES string of the molecule is Cc1cnn2ccc(N3CCCC3c3cc(F)cnc3CCC(C)(C)N)nc12. The highest BCUT2D eigenvalue weighted by atomic mass is 19.1. The molecule has 1 aliphatic rings. The quantitative estimate of drug-likeness (QED) is 0.730. The second-order valence-electron chi connectivity index (χ2n) is 8.41. The van der Waals surface area contributed by atoms with Crippen molar-refractivity contribution in [3.05, 3.63) is 53.4 Å². The van der Waals surface area contributed by atoms with Crippen molar-refractivity contribution in [1.29, 1.82) is 0 Å². The summed E-state index contributed by atoms with van der Waals surface area (Å²) in [6, 6.07) is 3.68. The number of hydrogen-bond acceptors (Lipinski definition) is 5. The smallest absolute Gasteiger partial charge is 0.160 e. The van der Waals surface area contributed by atoms with Gasteiger partial charge in [-0.3, -0.25) is 4.98 Å². The predicted molar refractivity (Wildman–Crippen MR) is 108 cm³/mol. The fraction of sp³-hybridized carbons (Fsp3) is 0.476. The summed E-state index contributed by atoms with van der Waals surface area (Å²) in [5.74, 6) is 0.598. The zero-order chi connectivity index (χ0) is 19.9. The summed E-state index contributed by atoms with van der Waals surface area (Å²) in [6.07, 6.45) is 8.58. The average Bonchev–Trinajstić information content (AvgIpc) is 3.27. The Morgan fingerprint density at radius 3 is 2.93 bits per heavy atom. The first-order valence-corrected chi connectivity index (χ1v) is 9.83. The second kappa shape index (κ2) is 7.13. The molecule has 0 saturated carbocycles. The molecular formula is C21H27FN6. The molecule has 1 saturated heterocycles. The van der Waals surface area contributed by atoms with E-state index in [0.29, 0.717) is 0 Å². The monoisotopic (exact) mass is 382 g/mol. The van der Waals surface area contributed by atoms with Crippen LogP contribution in [0, 0.1) is 12.7 Å². The average molecular weight is 382 g/mol. The van der Waals surface area contributed by atoms with Crippen molar-refractivity contribution in [2.24, 2.45) is 5.73 Å². The molecule has 4 heterocycles. The van der Waals surface area contributed by atoms with Gasteiger partial charge in [0.25, 0.3) is 0 Å². The van der Waals surface area contributed by atoms with Crippen molar-refractivity contribution in [3.8, 4) is 0 Å². The minimum Gasteiger partial charge on any atom is -0.349 e. The highest BCUT2D eigenvalue weighted by molar-refractivity contribution is 5.54. The Morgan fingerprint density at radius 2 is 2.14 bits per heavy atom. The summed E-state index contributed by atoms with van der Waals surface area (Å²) in [4.78, 5) is 11.5. The summed E-state index contributed by atoms with van der Waals surface area (Å²) >= 11 is 0. The van der Waals surface area contributed by atoms with E-state index >= 15 is 0 Å². The number of pyridine rings is 1. The van der Waals surface area contributed by atoms with Gasteiger partial charge in [0.15, 0.2) is 5.65 Å². The van der Waals surface area contributed by atoms with E-state index in [0.717, 1.165) is 60.5 Å². The predicted octanol–water partition coefficient (Wildman–Crippen LogP) is 3.58. The number of nitrogens with zero attached hydrogens (tertiary/aromatic N) is 5. The molecule has 4 rings (SSSR count). The Balaban J connectivity index is 1.69. The van der Waals surface area contributed by atoms with Crippen LogP contribution in [0.5, 0.6) is 0 Å². The van der Waals surface area contributed by atoms with Gasteiger partial charge in [0.05, 0.1) is 18.4 Å². The largest absolute Gasteiger partial charge is 0.349 e. The fourth-order valence-corrected chi connectivity index (χ4v) is 3.92. The lowest BCUT2D eigenvalue weighted by Crippen LogP contribution is -2.32. The van der Waals surface area contributed by atoms with Gasteiger partial charge in [0.1, 0.15) is 11.6 Å². The van der Waals surface area contributed by atoms with E-state index in [4.69, 9.17) is 10.7 Å². The number of rotatable bonds is 5. The summed E-state index contributed by atoms with van der Waals surface area (Å²) in [7, 11) is 0. The number of aromatic nitrogens is 4. The number of aryl methyl sites for hydroxylation is 2. The number of hydrogen-bond donors (Lipinski definition) is 1. The summed E-state index contributed by atoms with van der Waals surface area (Å²) < 4.78 is 15.9. The van der Waals surface area contributed by atoms with E-state index in [9.17, 15) is 4.39 Å². The zero-order valence-corrected chi connectivity index (χ0v) is 16.7. The lowest BCUT2D eigenvalue weighted by molar-refractivity contribution is 0.471. The molecular weight excluding hydrogens is 355 g/mol. The third-order valence-corrected chi connectivity index (χ3v) is 5.41. The molecule has 0 aromatic carbocycles. The Kier molecular flexibility index (Phi) is 4.79. The van der Waals surface area contributed by atoms with Crippen molar-refractivity contribution in [2.45, 2.75) is 58.0 Å². The van der Waals surface area contributed by atoms with Crippen LogP contribution in [0.3, 0.4) is 0 Å². The standard InChI is InChI=1S/C21H27FN6/c1-14-12-25-28-10-7-19(26-20(14)28)27-9-4-5-18(27)16-11-15(22)13-24-17(16)6-8-21(2,3)23/h7,10-13,18H,4-6,8-9,23H2,1-3H3. The van der Waals surface area contributed by atoms with E-state index in [2.05, 4.69) is 15.0 Å². The maximum absolute atomic E-state index is 14.1. The van der Waals surface area contributed by atoms with Crippen molar-refractivity contribution in [3.63, 3.8) is 0 Å². The minimum atomic E-state index is -0.298. The van der Waals surface area contributed by atoms with Gasteiger partial charge in [-0.25, -0.2) is 13.9 Å². The zero-order valence-electron chi connectivity index (χ0n) is 16.7. The van der Waals surface area contributed by atoms with Crippen molar-refractivity contribution >= 4 is 11.5 Å². The maximum atomic E-state index is 14.1. The molecule has 0 spiro atoms. The van der Waals surface area contributed by atoms with Crippen molar-refractivity contribution in [1.82, 2.24) is 19.6 Å². The van der Waals surface area contributed by atoms with Gasteiger partial charge in [0, 0.05) is 29.5 Å². The van der Waals surface area contributed by atoms with Crippen LogP contribution in [0.1, 0.15) is 56.0 Å². The highest BCUT2D eigenvalue weighted by Gasteiger charge is 2.30. The highest BCUT2D eigenvalue weighted by Crippen LogP contribution is 2.37. The van der Waals surface area contributed by atoms with Gasteiger partial charge in [-0.1, -0.05) is 0 Å². The van der Waals surface area contributed by atoms with Gasteiger partial charge >= 0.3 is 0 Å². The molecule has 1 unspecified atom stereocenters. The number of anilines is 1. The van der Waals surface area contributed by atoms with Crippen molar-refractivity contribution < 1.29 is 4.39 Å². The maximum Gasteiger partial charge on any atom is 0.160 e. The molecule has 0 bridgehead atoms. The normalized spacial score (nSPS) is 17.6. The van der Waals surface area contributed by atoms with Crippen LogP contribution in [0.2, 0.25) is 0 Å². The molecule has 28 heavy (non-hydrogen) atoms. The molecule has 2 N–H and O–H groups in total. The molecule has 1 aliphatic heterocycles. The lowest BCUT2D eigenvalue weighted by Gasteiger charge is -2.28. The van der Waals surface area contributed by atoms with Gasteiger partial charge < -0.3 is 10.6 Å². The minimum absolute atomic E-state index is 0.0669. The van der Waals surface area contributed by atoms with Crippen LogP contribution in [0.15, 0.2) is 30.7 Å². The molecule has 6 nitrogen and oxygen atoms in total. The number of halogens is 1. The lowest BCUT2D eigenvalue weighted by atomic mass is 9.94. The molecule has 1 atom stereocenters. The molecule has 0 radical (unpaired) electrons. The Morgan fingerprint density at radius 1 is 1.32 bits per heavy atom. The summed E-state index contributed by atoms with van der Waals surface area (Å²) in [5, 5.41) is 4.30. The van der Waals surface area contributed by atoms with Gasteiger partial charge in [-0.15, -0.1) is 0 Å². The van der Waals surface area contributed by atoms with Crippen LogP contribution in [0.4, 0.5) is 10.2 Å². The van der Waals surface area contributed by atoms with Crippen LogP contribution in [-0.2, 0) is 6.42 Å². The molecule has 0 aliphatic carbocycles. The van der Waals surface area contributed by atoms with Crippen LogP contribution in [0.25, 0.3) is 5.65 Å². The van der Waals surface area contributed by atoms with Crippen LogP contribution < -0.4 is 10.6 Å². The Labute approximate surface area is 164 Å². The van der Waals surface area contributed by atoms with E-state index in [1.807, 2.05) is 39.2 Å². The van der Waals surface area contributed by atoms with Gasteiger partial charge in [0.2, 0.25) is 0 Å². The van der Waals surface area contributed by atoms with Crippen molar-refractivity contribution in [2.75, 3.05) is 11.4 Å². The molecule has 7 heteroatoms. The molecule has 3 aromatic rings. The molecule has 1 fully saturated rings. The topological polar surface area (TPSA) is 72.3 Å². The second-order valence-corrected chi connectivity index (χ2v) is 8.41. The van der Waals surface area contributed by atoms with E-state index in [1.165, 1.54) is 6.20 Å². The Bertz CT molecular complexity index is 990. The van der Waals surface area contributed by atoms with E-state index in [1.54, 1.807) is 10.6 Å². The van der Waals surface area contributed by atoms with Crippen LogP contribution >= 0.6 is 0 Å². The Hall–Kier alpha value is -2.54. The fourth-order valence-electron chi connectivity index (χ4n) is 3.92. The summed E-state index contributed by atoms with van der Waals surface area (Å²) in [6.45, 7) is 6.90. The number of nitrogens with two attached hydrogens (primary N) is 1. The first-order chi connectivity index (χ1) is 13.3.